The van der Waals surface area contributed by atoms with Crippen molar-refractivity contribution in [3.8, 4) is 0 Å². The normalized spacial score (nSPS) is 26.1. The van der Waals surface area contributed by atoms with E-state index in [-0.39, 0.29) is 6.10 Å². The third-order valence-electron chi connectivity index (χ3n) is 4.54. The fraction of sp³-hybridized carbons (Fsp3) is 0.474. The summed E-state index contributed by atoms with van der Waals surface area (Å²) < 4.78 is 5.78. The van der Waals surface area contributed by atoms with Crippen molar-refractivity contribution in [1.29, 1.82) is 0 Å². The lowest BCUT2D eigenvalue weighted by Crippen LogP contribution is -2.42. The number of hydrogen-bond acceptors (Lipinski definition) is 2. The van der Waals surface area contributed by atoms with E-state index in [2.05, 4.69) is 49.4 Å². The number of fused-ring (bicyclic) bond motifs is 1. The van der Waals surface area contributed by atoms with Crippen LogP contribution in [0.3, 0.4) is 0 Å². The van der Waals surface area contributed by atoms with Crippen LogP contribution in [0.2, 0.25) is 0 Å². The van der Waals surface area contributed by atoms with Crippen molar-refractivity contribution >= 4 is 10.8 Å². The van der Waals surface area contributed by atoms with E-state index in [1.54, 1.807) is 0 Å². The van der Waals surface area contributed by atoms with Crippen molar-refractivity contribution < 1.29 is 9.84 Å². The van der Waals surface area contributed by atoms with E-state index in [0.29, 0.717) is 6.61 Å². The summed E-state index contributed by atoms with van der Waals surface area (Å²) in [5.74, 6) is 0. The molecule has 1 aliphatic heterocycles. The van der Waals surface area contributed by atoms with E-state index < -0.39 is 5.60 Å². The molecule has 2 aromatic rings. The molecule has 0 saturated carbocycles. The van der Waals surface area contributed by atoms with E-state index in [0.717, 1.165) is 32.1 Å². The topological polar surface area (TPSA) is 29.5 Å². The van der Waals surface area contributed by atoms with Gasteiger partial charge in [0.15, 0.2) is 0 Å². The largest absolute Gasteiger partial charge is 0.389 e. The zero-order chi connectivity index (χ0) is 14.7. The van der Waals surface area contributed by atoms with Crippen molar-refractivity contribution in [2.24, 2.45) is 0 Å². The molecular weight excluding hydrogens is 260 g/mol. The van der Waals surface area contributed by atoms with Crippen LogP contribution in [0.1, 0.15) is 38.2 Å². The van der Waals surface area contributed by atoms with Crippen molar-refractivity contribution in [1.82, 2.24) is 0 Å². The Labute approximate surface area is 126 Å². The van der Waals surface area contributed by atoms with Gasteiger partial charge in [0.1, 0.15) is 0 Å². The summed E-state index contributed by atoms with van der Waals surface area (Å²) in [6, 6.07) is 14.8. The van der Waals surface area contributed by atoms with Gasteiger partial charge in [0, 0.05) is 19.4 Å². The maximum Gasteiger partial charge on any atom is 0.0734 e. The molecule has 21 heavy (non-hydrogen) atoms. The molecule has 0 radical (unpaired) electrons. The summed E-state index contributed by atoms with van der Waals surface area (Å²) >= 11 is 0. The monoisotopic (exact) mass is 284 g/mol. The summed E-state index contributed by atoms with van der Waals surface area (Å²) in [6.45, 7) is 2.84. The molecule has 112 valence electrons. The average molecular weight is 284 g/mol. The molecule has 1 fully saturated rings. The molecule has 0 aliphatic carbocycles. The van der Waals surface area contributed by atoms with E-state index in [1.807, 2.05) is 0 Å². The van der Waals surface area contributed by atoms with Gasteiger partial charge in [0.2, 0.25) is 0 Å². The van der Waals surface area contributed by atoms with Gasteiger partial charge in [-0.2, -0.15) is 0 Å². The number of hydrogen-bond donors (Lipinski definition) is 1. The van der Waals surface area contributed by atoms with Gasteiger partial charge in [-0.15, -0.1) is 0 Å². The van der Waals surface area contributed by atoms with Gasteiger partial charge in [0.05, 0.1) is 11.7 Å². The summed E-state index contributed by atoms with van der Waals surface area (Å²) in [7, 11) is 0. The zero-order valence-corrected chi connectivity index (χ0v) is 12.7. The Hall–Kier alpha value is -1.38. The van der Waals surface area contributed by atoms with Crippen LogP contribution in [-0.2, 0) is 11.2 Å². The molecule has 1 N–H and O–H groups in total. The Kier molecular flexibility index (Phi) is 4.27. The van der Waals surface area contributed by atoms with E-state index in [4.69, 9.17) is 4.74 Å². The Morgan fingerprint density at radius 3 is 2.86 bits per heavy atom. The summed E-state index contributed by atoms with van der Waals surface area (Å²) in [5, 5.41) is 13.5. The average Bonchev–Trinajstić information content (AvgIpc) is 2.48. The molecule has 0 aromatic heterocycles. The lowest BCUT2D eigenvalue weighted by atomic mass is 9.82. The Bertz CT molecular complexity index is 600. The minimum Gasteiger partial charge on any atom is -0.389 e. The highest BCUT2D eigenvalue weighted by Crippen LogP contribution is 2.32. The highest BCUT2D eigenvalue weighted by atomic mass is 16.5. The van der Waals surface area contributed by atoms with Crippen LogP contribution >= 0.6 is 0 Å². The van der Waals surface area contributed by atoms with Crippen LogP contribution in [-0.4, -0.2) is 23.4 Å². The minimum absolute atomic E-state index is 0.212. The van der Waals surface area contributed by atoms with Crippen molar-refractivity contribution in [2.75, 3.05) is 6.61 Å². The first kappa shape index (κ1) is 14.6. The molecule has 0 spiro atoms. The minimum atomic E-state index is -0.623. The van der Waals surface area contributed by atoms with Crippen LogP contribution < -0.4 is 0 Å². The first-order valence-corrected chi connectivity index (χ1v) is 8.01. The molecule has 0 bridgehead atoms. The number of benzene rings is 2. The predicted molar refractivity (Wildman–Crippen MR) is 86.5 cm³/mol. The predicted octanol–water partition coefficient (Wildman–Crippen LogP) is 4.09. The maximum absolute atomic E-state index is 11.0. The van der Waals surface area contributed by atoms with Gasteiger partial charge in [-0.3, -0.25) is 0 Å². The zero-order valence-electron chi connectivity index (χ0n) is 12.7. The molecule has 0 amide bonds. The van der Waals surface area contributed by atoms with Crippen LogP contribution in [0, 0.1) is 0 Å². The fourth-order valence-electron chi connectivity index (χ4n) is 3.47. The second-order valence-electron chi connectivity index (χ2n) is 6.27. The standard InChI is InChI=1S/C19H24O2/c1-2-6-17-14-19(20,11-12-21-17)13-16-9-5-8-15-7-3-4-10-18(15)16/h3-5,7-10,17,20H,2,6,11-14H2,1H3. The van der Waals surface area contributed by atoms with Crippen LogP contribution in [0.15, 0.2) is 42.5 Å². The van der Waals surface area contributed by atoms with Gasteiger partial charge >= 0.3 is 0 Å². The van der Waals surface area contributed by atoms with E-state index in [1.165, 1.54) is 16.3 Å². The number of rotatable bonds is 4. The Morgan fingerprint density at radius 2 is 2.00 bits per heavy atom. The Morgan fingerprint density at radius 1 is 1.19 bits per heavy atom. The third kappa shape index (κ3) is 3.28. The molecule has 1 aliphatic rings. The second kappa shape index (κ2) is 6.17. The smallest absolute Gasteiger partial charge is 0.0734 e. The second-order valence-corrected chi connectivity index (χ2v) is 6.27. The van der Waals surface area contributed by atoms with Gasteiger partial charge in [-0.1, -0.05) is 55.8 Å². The number of aliphatic hydroxyl groups is 1. The SMILES string of the molecule is CCCC1CC(O)(Cc2cccc3ccccc23)CCO1. The molecule has 3 rings (SSSR count). The molecule has 2 aromatic carbocycles. The lowest BCUT2D eigenvalue weighted by molar-refractivity contribution is -0.104. The van der Waals surface area contributed by atoms with Crippen molar-refractivity contribution in [2.45, 2.75) is 50.7 Å². The Balaban J connectivity index is 1.83. The molecule has 1 heterocycles. The molecule has 2 unspecified atom stereocenters. The van der Waals surface area contributed by atoms with Crippen LogP contribution in [0.25, 0.3) is 10.8 Å². The summed E-state index contributed by atoms with van der Waals surface area (Å²) in [5.41, 5.74) is 0.620. The van der Waals surface area contributed by atoms with E-state index in [9.17, 15) is 5.11 Å². The van der Waals surface area contributed by atoms with Crippen molar-refractivity contribution in [3.63, 3.8) is 0 Å². The molecular formula is C19H24O2. The van der Waals surface area contributed by atoms with Crippen LogP contribution in [0.5, 0.6) is 0 Å². The lowest BCUT2D eigenvalue weighted by Gasteiger charge is -2.37. The summed E-state index contributed by atoms with van der Waals surface area (Å²) in [6.07, 6.45) is 4.56. The third-order valence-corrected chi connectivity index (χ3v) is 4.54. The van der Waals surface area contributed by atoms with Gasteiger partial charge in [-0.05, 0) is 29.2 Å². The molecule has 2 nitrogen and oxygen atoms in total. The van der Waals surface area contributed by atoms with Crippen molar-refractivity contribution in [3.05, 3.63) is 48.0 Å². The fourth-order valence-corrected chi connectivity index (χ4v) is 3.47. The quantitative estimate of drug-likeness (QED) is 0.916. The van der Waals surface area contributed by atoms with E-state index >= 15 is 0 Å². The van der Waals surface area contributed by atoms with Gasteiger partial charge < -0.3 is 9.84 Å². The molecule has 1 saturated heterocycles. The van der Waals surface area contributed by atoms with Gasteiger partial charge in [0.25, 0.3) is 0 Å². The molecule has 2 atom stereocenters. The van der Waals surface area contributed by atoms with Crippen LogP contribution in [0.4, 0.5) is 0 Å². The first-order valence-electron chi connectivity index (χ1n) is 8.01. The highest BCUT2D eigenvalue weighted by molar-refractivity contribution is 5.85. The maximum atomic E-state index is 11.0. The molecule has 2 heteroatoms. The summed E-state index contributed by atoms with van der Waals surface area (Å²) in [4.78, 5) is 0. The van der Waals surface area contributed by atoms with Gasteiger partial charge in [-0.25, -0.2) is 0 Å². The number of ether oxygens (including phenoxy) is 1. The first-order chi connectivity index (χ1) is 10.2. The highest BCUT2D eigenvalue weighted by Gasteiger charge is 2.35.